The van der Waals surface area contributed by atoms with Crippen LogP contribution in [0.1, 0.15) is 36.7 Å². The maximum Gasteiger partial charge on any atom is 0.257 e. The van der Waals surface area contributed by atoms with Crippen molar-refractivity contribution < 1.29 is 9.18 Å². The Morgan fingerprint density at radius 3 is 2.74 bits per heavy atom. The van der Waals surface area contributed by atoms with Gasteiger partial charge in [-0.2, -0.15) is 9.61 Å². The molecule has 4 aromatic rings. The van der Waals surface area contributed by atoms with Gasteiger partial charge in [-0.05, 0) is 19.9 Å². The minimum absolute atomic E-state index is 0.181. The third kappa shape index (κ3) is 3.29. The van der Waals surface area contributed by atoms with Gasteiger partial charge in [0.05, 0.1) is 23.0 Å². The molecule has 0 aliphatic heterocycles. The molecular formula is C21H21ClFN7O. The summed E-state index contributed by atoms with van der Waals surface area (Å²) < 4.78 is 16.9. The van der Waals surface area contributed by atoms with Gasteiger partial charge in [-0.3, -0.25) is 4.79 Å². The van der Waals surface area contributed by atoms with Gasteiger partial charge in [0, 0.05) is 48.9 Å². The molecule has 1 aliphatic rings. The fourth-order valence-electron chi connectivity index (χ4n) is 3.70. The molecule has 1 amide bonds. The number of fused-ring (bicyclic) bond motifs is 2. The normalized spacial score (nSPS) is 18.1. The van der Waals surface area contributed by atoms with Crippen LogP contribution in [0.2, 0.25) is 5.02 Å². The zero-order valence-corrected chi connectivity index (χ0v) is 18.0. The van der Waals surface area contributed by atoms with E-state index in [0.717, 1.165) is 16.6 Å². The highest BCUT2D eigenvalue weighted by molar-refractivity contribution is 6.31. The molecule has 2 N–H and O–H groups in total. The van der Waals surface area contributed by atoms with Gasteiger partial charge in [0.25, 0.3) is 5.91 Å². The molecule has 4 heterocycles. The fraction of sp³-hybridized carbons (Fsp3) is 0.333. The molecule has 1 fully saturated rings. The summed E-state index contributed by atoms with van der Waals surface area (Å²) in [4.78, 5) is 22.0. The van der Waals surface area contributed by atoms with E-state index in [1.54, 1.807) is 17.8 Å². The third-order valence-corrected chi connectivity index (χ3v) is 5.68. The highest BCUT2D eigenvalue weighted by atomic mass is 35.5. The van der Waals surface area contributed by atoms with Gasteiger partial charge >= 0.3 is 0 Å². The van der Waals surface area contributed by atoms with Gasteiger partial charge in [0.15, 0.2) is 5.65 Å². The van der Waals surface area contributed by atoms with Crippen molar-refractivity contribution in [2.75, 3.05) is 12.4 Å². The standard InChI is InChI=1S/C21H21ClFN7O/c1-10(2)29-9-14(12-4-11(22)7-25-19(12)29)16-6-18(24-3)30-20(27-16)13(8-26-30)21(31)28-17-5-15(17)23/h4,6-10,15,17,24H,5H2,1-3H3,(H,28,31). The molecule has 1 saturated carbocycles. The number of alkyl halides is 1. The molecule has 0 radical (unpaired) electrons. The van der Waals surface area contributed by atoms with Crippen molar-refractivity contribution in [3.8, 4) is 11.3 Å². The van der Waals surface area contributed by atoms with Crippen LogP contribution in [0.3, 0.4) is 0 Å². The number of carbonyl (C=O) groups is 1. The van der Waals surface area contributed by atoms with Crippen LogP contribution < -0.4 is 10.6 Å². The molecule has 2 unspecified atom stereocenters. The largest absolute Gasteiger partial charge is 0.373 e. The first-order chi connectivity index (χ1) is 14.9. The number of hydrogen-bond donors (Lipinski definition) is 2. The van der Waals surface area contributed by atoms with Gasteiger partial charge in [0.1, 0.15) is 23.2 Å². The minimum Gasteiger partial charge on any atom is -0.373 e. The van der Waals surface area contributed by atoms with Crippen molar-refractivity contribution in [2.45, 2.75) is 38.5 Å². The number of halogens is 2. The predicted octanol–water partition coefficient (Wildman–Crippen LogP) is 3.86. The Hall–Kier alpha value is -3.20. The van der Waals surface area contributed by atoms with Crippen LogP contribution >= 0.6 is 11.6 Å². The van der Waals surface area contributed by atoms with E-state index in [4.69, 9.17) is 16.6 Å². The number of carbonyl (C=O) groups excluding carboxylic acids is 1. The number of rotatable bonds is 5. The average molecular weight is 442 g/mol. The van der Waals surface area contributed by atoms with Crippen LogP contribution in [0.5, 0.6) is 0 Å². The molecule has 2 atom stereocenters. The molecule has 0 bridgehead atoms. The van der Waals surface area contributed by atoms with E-state index in [9.17, 15) is 9.18 Å². The van der Waals surface area contributed by atoms with Crippen LogP contribution in [0, 0.1) is 0 Å². The number of amides is 1. The molecule has 0 saturated heterocycles. The minimum atomic E-state index is -0.985. The van der Waals surface area contributed by atoms with E-state index in [-0.39, 0.29) is 11.9 Å². The first-order valence-corrected chi connectivity index (χ1v) is 10.4. The van der Waals surface area contributed by atoms with Crippen molar-refractivity contribution in [3.63, 3.8) is 0 Å². The topological polar surface area (TPSA) is 89.1 Å². The monoisotopic (exact) mass is 441 g/mol. The van der Waals surface area contributed by atoms with Gasteiger partial charge in [0.2, 0.25) is 0 Å². The number of hydrogen-bond acceptors (Lipinski definition) is 5. The van der Waals surface area contributed by atoms with Crippen LogP contribution in [0.4, 0.5) is 10.2 Å². The zero-order valence-electron chi connectivity index (χ0n) is 17.2. The maximum atomic E-state index is 13.3. The molecule has 4 aromatic heterocycles. The molecule has 0 aromatic carbocycles. The Morgan fingerprint density at radius 2 is 2.06 bits per heavy atom. The Balaban J connectivity index is 1.69. The second kappa shape index (κ2) is 7.19. The Labute approximate surface area is 182 Å². The summed E-state index contributed by atoms with van der Waals surface area (Å²) in [6.07, 6.45) is 4.42. The number of pyridine rings is 1. The number of aromatic nitrogens is 5. The Kier molecular flexibility index (Phi) is 4.58. The van der Waals surface area contributed by atoms with Crippen LogP contribution in [-0.4, -0.2) is 49.3 Å². The lowest BCUT2D eigenvalue weighted by molar-refractivity contribution is 0.0949. The molecular weight excluding hydrogens is 421 g/mol. The quantitative estimate of drug-likeness (QED) is 0.491. The van der Waals surface area contributed by atoms with Crippen molar-refractivity contribution in [1.82, 2.24) is 29.5 Å². The summed E-state index contributed by atoms with van der Waals surface area (Å²) in [5, 5.41) is 11.5. The van der Waals surface area contributed by atoms with Crippen molar-refractivity contribution in [3.05, 3.63) is 41.3 Å². The summed E-state index contributed by atoms with van der Waals surface area (Å²) in [5.74, 6) is 0.274. The molecule has 1 aliphatic carbocycles. The summed E-state index contributed by atoms with van der Waals surface area (Å²) in [5.41, 5.74) is 2.97. The summed E-state index contributed by atoms with van der Waals surface area (Å²) in [6, 6.07) is 3.47. The second-order valence-corrected chi connectivity index (χ2v) is 8.41. The highest BCUT2D eigenvalue weighted by Gasteiger charge is 2.39. The third-order valence-electron chi connectivity index (χ3n) is 5.47. The number of nitrogens with zero attached hydrogens (tertiary/aromatic N) is 5. The van der Waals surface area contributed by atoms with E-state index >= 15 is 0 Å². The molecule has 10 heteroatoms. The summed E-state index contributed by atoms with van der Waals surface area (Å²) >= 11 is 6.23. The van der Waals surface area contributed by atoms with Crippen LogP contribution in [-0.2, 0) is 0 Å². The van der Waals surface area contributed by atoms with Crippen molar-refractivity contribution >= 4 is 40.0 Å². The molecule has 160 valence electrons. The number of anilines is 1. The van der Waals surface area contributed by atoms with E-state index in [2.05, 4.69) is 39.1 Å². The van der Waals surface area contributed by atoms with Crippen molar-refractivity contribution in [2.24, 2.45) is 0 Å². The lowest BCUT2D eigenvalue weighted by Gasteiger charge is -2.08. The first kappa shape index (κ1) is 19.7. The average Bonchev–Trinajstić information content (AvgIpc) is 3.14. The van der Waals surface area contributed by atoms with Crippen molar-refractivity contribution in [1.29, 1.82) is 0 Å². The molecule has 5 rings (SSSR count). The summed E-state index contributed by atoms with van der Waals surface area (Å²) in [7, 11) is 1.77. The first-order valence-electron chi connectivity index (χ1n) is 10.0. The van der Waals surface area contributed by atoms with Gasteiger partial charge < -0.3 is 15.2 Å². The highest BCUT2D eigenvalue weighted by Crippen LogP contribution is 2.34. The fourth-order valence-corrected chi connectivity index (χ4v) is 3.86. The lowest BCUT2D eigenvalue weighted by atomic mass is 10.1. The van der Waals surface area contributed by atoms with Crippen LogP contribution in [0.25, 0.3) is 27.9 Å². The zero-order chi connectivity index (χ0) is 21.9. The Bertz CT molecular complexity index is 1330. The molecule has 0 spiro atoms. The lowest BCUT2D eigenvalue weighted by Crippen LogP contribution is -2.27. The summed E-state index contributed by atoms with van der Waals surface area (Å²) in [6.45, 7) is 4.15. The van der Waals surface area contributed by atoms with Gasteiger partial charge in [-0.15, -0.1) is 0 Å². The van der Waals surface area contributed by atoms with Gasteiger partial charge in [-0.25, -0.2) is 14.4 Å². The van der Waals surface area contributed by atoms with E-state index in [1.165, 1.54) is 6.20 Å². The van der Waals surface area contributed by atoms with E-state index in [1.807, 2.05) is 18.3 Å². The number of nitrogens with one attached hydrogen (secondary N) is 2. The smallest absolute Gasteiger partial charge is 0.257 e. The van der Waals surface area contributed by atoms with E-state index in [0.29, 0.717) is 34.2 Å². The molecule has 31 heavy (non-hydrogen) atoms. The SMILES string of the molecule is CNc1cc(-c2cn(C(C)C)c3ncc(Cl)cc23)nc2c(C(=O)NC3CC3F)cnn12. The van der Waals surface area contributed by atoms with Crippen LogP contribution in [0.15, 0.2) is 30.7 Å². The predicted molar refractivity (Wildman–Crippen MR) is 117 cm³/mol. The second-order valence-electron chi connectivity index (χ2n) is 7.97. The maximum absolute atomic E-state index is 13.3. The Morgan fingerprint density at radius 1 is 1.29 bits per heavy atom. The van der Waals surface area contributed by atoms with E-state index < -0.39 is 12.2 Å². The molecule has 8 nitrogen and oxygen atoms in total. The van der Waals surface area contributed by atoms with Gasteiger partial charge in [-0.1, -0.05) is 11.6 Å².